The summed E-state index contributed by atoms with van der Waals surface area (Å²) in [6.45, 7) is 1.32. The summed E-state index contributed by atoms with van der Waals surface area (Å²) in [5, 5.41) is 0. The van der Waals surface area contributed by atoms with E-state index in [1.165, 1.54) is 6.92 Å². The average Bonchev–Trinajstić information content (AvgIpc) is 2.66. The molecule has 1 unspecified atom stereocenters. The summed E-state index contributed by atoms with van der Waals surface area (Å²) in [7, 11) is 0. The molecule has 0 N–H and O–H groups in total. The quantitative estimate of drug-likeness (QED) is 0.159. The predicted octanol–water partition coefficient (Wildman–Crippen LogP) is 8.25. The largest absolute Gasteiger partial charge is 0.385 e. The van der Waals surface area contributed by atoms with E-state index < -0.39 is 72.8 Å². The zero-order valence-corrected chi connectivity index (χ0v) is 16.2. The Balaban J connectivity index is 6.65. The van der Waals surface area contributed by atoms with Gasteiger partial charge in [-0.05, 0) is 6.42 Å². The Kier molecular flexibility index (Phi) is 8.91. The van der Waals surface area contributed by atoms with Gasteiger partial charge in [0.05, 0.1) is 0 Å². The molecule has 0 aliphatic carbocycles. The van der Waals surface area contributed by atoms with Crippen LogP contribution in [0.1, 0.15) is 32.6 Å². The van der Waals surface area contributed by atoms with Crippen LogP contribution in [0.5, 0.6) is 0 Å². The lowest BCUT2D eigenvalue weighted by molar-refractivity contribution is -0.459. The van der Waals surface area contributed by atoms with E-state index in [2.05, 4.69) is 0 Å². The molecular weight excluding hydrogens is 541 g/mol. The zero-order chi connectivity index (χ0) is 28.0. The SMILES string of the molecule is CCCCCC(F)C(F)(F)C(F)(F)C(F)(F)C(F)(F)C(F)(F)C(F)(F)C(F)(F)C(F)(F)C(F)F. The summed E-state index contributed by atoms with van der Waals surface area (Å²) in [6, 6.07) is 0. The predicted molar refractivity (Wildman–Crippen MR) is 74.6 cm³/mol. The van der Waals surface area contributed by atoms with Crippen molar-refractivity contribution in [3.8, 4) is 0 Å². The van der Waals surface area contributed by atoms with Gasteiger partial charge in [-0.1, -0.05) is 26.2 Å². The molecule has 0 bridgehead atoms. The van der Waals surface area contributed by atoms with Crippen LogP contribution < -0.4 is 0 Å². The fourth-order valence-electron chi connectivity index (χ4n) is 2.30. The van der Waals surface area contributed by atoms with Crippen molar-refractivity contribution in [1.82, 2.24) is 0 Å². The van der Waals surface area contributed by atoms with Gasteiger partial charge in [0, 0.05) is 0 Å². The van der Waals surface area contributed by atoms with E-state index in [9.17, 15) is 83.4 Å². The topological polar surface area (TPSA) is 0 Å². The third kappa shape index (κ3) is 4.36. The summed E-state index contributed by atoms with van der Waals surface area (Å²) in [5.41, 5.74) is 0. The van der Waals surface area contributed by atoms with Gasteiger partial charge in [-0.2, -0.15) is 70.2 Å². The highest BCUT2D eigenvalue weighted by Gasteiger charge is 2.95. The van der Waals surface area contributed by atoms with Crippen LogP contribution >= 0.6 is 0 Å². The van der Waals surface area contributed by atoms with Crippen LogP contribution in [-0.4, -0.2) is 60.0 Å². The van der Waals surface area contributed by atoms with Gasteiger partial charge in [0.1, 0.15) is 0 Å². The van der Waals surface area contributed by atoms with Crippen molar-refractivity contribution in [2.75, 3.05) is 0 Å². The molecule has 0 aromatic carbocycles. The van der Waals surface area contributed by atoms with Crippen molar-refractivity contribution in [2.45, 2.75) is 92.6 Å². The van der Waals surface area contributed by atoms with Gasteiger partial charge >= 0.3 is 53.8 Å². The number of unbranched alkanes of at least 4 members (excludes halogenated alkanes) is 2. The molecule has 1 atom stereocenters. The fourth-order valence-corrected chi connectivity index (χ4v) is 2.30. The molecule has 0 amide bonds. The smallest absolute Gasteiger partial charge is 0.241 e. The van der Waals surface area contributed by atoms with E-state index in [1.54, 1.807) is 0 Å². The second kappa shape index (κ2) is 9.28. The number of halogens is 19. The highest BCUT2D eigenvalue weighted by atomic mass is 19.4. The highest BCUT2D eigenvalue weighted by Crippen LogP contribution is 2.64. The monoisotopic (exact) mass is 554 g/mol. The molecule has 0 rings (SSSR count). The van der Waals surface area contributed by atoms with Crippen molar-refractivity contribution in [1.29, 1.82) is 0 Å². The van der Waals surface area contributed by atoms with Crippen molar-refractivity contribution < 1.29 is 83.4 Å². The molecule has 0 spiro atoms. The second-order valence-corrected chi connectivity index (χ2v) is 6.96. The molecule has 0 fully saturated rings. The summed E-state index contributed by atoms with van der Waals surface area (Å²) >= 11 is 0. The molecule has 0 radical (unpaired) electrons. The van der Waals surface area contributed by atoms with Crippen LogP contribution in [0.4, 0.5) is 83.4 Å². The standard InChI is InChI=1S/C15H13F19/c1-2-3-4-5-6(16)8(19,20)10(23,24)12(27,28)14(31,32)15(33,34)13(29,30)11(25,26)9(21,22)7(17)18/h6-7H,2-5H2,1H3. The Bertz CT molecular complexity index is 679. The number of alkyl halides is 19. The van der Waals surface area contributed by atoms with Gasteiger partial charge in [0.15, 0.2) is 6.17 Å². The second-order valence-electron chi connectivity index (χ2n) is 6.96. The molecule has 0 saturated heterocycles. The Morgan fingerprint density at radius 2 is 0.735 bits per heavy atom. The summed E-state index contributed by atoms with van der Waals surface area (Å²) < 4.78 is 250. The summed E-state index contributed by atoms with van der Waals surface area (Å²) in [4.78, 5) is 0. The van der Waals surface area contributed by atoms with Crippen LogP contribution in [-0.2, 0) is 0 Å². The fraction of sp³-hybridized carbons (Fsp3) is 1.00. The number of hydrogen-bond donors (Lipinski definition) is 0. The van der Waals surface area contributed by atoms with Crippen molar-refractivity contribution >= 4 is 0 Å². The van der Waals surface area contributed by atoms with Gasteiger partial charge in [0.2, 0.25) is 0 Å². The molecular formula is C15H13F19. The van der Waals surface area contributed by atoms with Crippen LogP contribution in [0.25, 0.3) is 0 Å². The first-order valence-electron chi connectivity index (χ1n) is 8.62. The van der Waals surface area contributed by atoms with E-state index >= 15 is 0 Å². The van der Waals surface area contributed by atoms with E-state index in [4.69, 9.17) is 0 Å². The minimum Gasteiger partial charge on any atom is -0.241 e. The van der Waals surface area contributed by atoms with Gasteiger partial charge in [-0.15, -0.1) is 0 Å². The maximum atomic E-state index is 13.6. The van der Waals surface area contributed by atoms with Crippen LogP contribution in [0.15, 0.2) is 0 Å². The Morgan fingerprint density at radius 1 is 0.441 bits per heavy atom. The molecule has 0 saturated carbocycles. The molecule has 0 aliphatic rings. The van der Waals surface area contributed by atoms with Crippen molar-refractivity contribution in [3.63, 3.8) is 0 Å². The third-order valence-corrected chi connectivity index (χ3v) is 4.54. The first kappa shape index (κ1) is 32.7. The lowest BCUT2D eigenvalue weighted by atomic mass is 9.86. The molecule has 0 aromatic rings. The van der Waals surface area contributed by atoms with E-state index in [0.29, 0.717) is 0 Å². The molecule has 0 nitrogen and oxygen atoms in total. The maximum absolute atomic E-state index is 13.6. The first-order chi connectivity index (χ1) is 14.7. The van der Waals surface area contributed by atoms with Crippen molar-refractivity contribution in [2.24, 2.45) is 0 Å². The van der Waals surface area contributed by atoms with Gasteiger partial charge in [0.25, 0.3) is 0 Å². The summed E-state index contributed by atoms with van der Waals surface area (Å²) in [6.07, 6.45) is -13.2. The highest BCUT2D eigenvalue weighted by molar-refractivity contribution is 5.16. The third-order valence-electron chi connectivity index (χ3n) is 4.54. The maximum Gasteiger partial charge on any atom is 0.385 e. The lowest BCUT2D eigenvalue weighted by Gasteiger charge is -2.43. The Labute approximate surface area is 177 Å². The zero-order valence-electron chi connectivity index (χ0n) is 16.2. The van der Waals surface area contributed by atoms with Gasteiger partial charge < -0.3 is 0 Å². The molecule has 19 heteroatoms. The van der Waals surface area contributed by atoms with Gasteiger partial charge in [-0.3, -0.25) is 0 Å². The van der Waals surface area contributed by atoms with Gasteiger partial charge in [-0.25, -0.2) is 13.2 Å². The molecule has 34 heavy (non-hydrogen) atoms. The van der Waals surface area contributed by atoms with E-state index in [1.807, 2.05) is 0 Å². The molecule has 0 heterocycles. The van der Waals surface area contributed by atoms with Crippen LogP contribution in [0.3, 0.4) is 0 Å². The minimum absolute atomic E-state index is 0.0711. The van der Waals surface area contributed by atoms with Crippen LogP contribution in [0, 0.1) is 0 Å². The van der Waals surface area contributed by atoms with E-state index in [0.717, 1.165) is 0 Å². The molecule has 0 aromatic heterocycles. The lowest BCUT2D eigenvalue weighted by Crippen LogP contribution is -2.75. The number of rotatable bonds is 13. The first-order valence-corrected chi connectivity index (χ1v) is 8.62. The Morgan fingerprint density at radius 3 is 1.03 bits per heavy atom. The average molecular weight is 554 g/mol. The summed E-state index contributed by atoms with van der Waals surface area (Å²) in [5.74, 6) is -65.8. The van der Waals surface area contributed by atoms with Crippen molar-refractivity contribution in [3.05, 3.63) is 0 Å². The Hall–Kier alpha value is -1.33. The minimum atomic E-state index is -8.81. The molecule has 206 valence electrons. The van der Waals surface area contributed by atoms with E-state index in [-0.39, 0.29) is 12.8 Å². The number of hydrogen-bond acceptors (Lipinski definition) is 0. The normalized spacial score (nSPS) is 16.9. The van der Waals surface area contributed by atoms with Crippen LogP contribution in [0.2, 0.25) is 0 Å². The molecule has 0 aliphatic heterocycles.